The van der Waals surface area contributed by atoms with Crippen LogP contribution in [0.3, 0.4) is 0 Å². The number of carbonyl (C=O) groups excluding carboxylic acids is 1. The van der Waals surface area contributed by atoms with Gasteiger partial charge in [0.25, 0.3) is 5.91 Å². The smallest absolute Gasteiger partial charge is 0.254 e. The molecule has 152 valence electrons. The molecule has 0 radical (unpaired) electrons. The van der Waals surface area contributed by atoms with Crippen molar-refractivity contribution in [2.24, 2.45) is 0 Å². The number of hydrogen-bond donors (Lipinski definition) is 1. The van der Waals surface area contributed by atoms with Gasteiger partial charge in [0, 0.05) is 44.3 Å². The van der Waals surface area contributed by atoms with Crippen LogP contribution in [0.15, 0.2) is 23.1 Å². The highest BCUT2D eigenvalue weighted by Crippen LogP contribution is 2.29. The van der Waals surface area contributed by atoms with Gasteiger partial charge in [-0.2, -0.15) is 4.31 Å². The molecule has 27 heavy (non-hydrogen) atoms. The second-order valence-electron chi connectivity index (χ2n) is 6.43. The maximum atomic E-state index is 13.0. The number of ether oxygens (including phenoxy) is 2. The number of sulfonamides is 1. The summed E-state index contributed by atoms with van der Waals surface area (Å²) in [5.74, 6) is 0.0708. The lowest BCUT2D eigenvalue weighted by Gasteiger charge is -2.34. The normalized spacial score (nSPS) is 21.4. The first kappa shape index (κ1) is 21.9. The van der Waals surface area contributed by atoms with Crippen LogP contribution in [0.1, 0.15) is 17.3 Å². The number of morpholine rings is 1. The van der Waals surface area contributed by atoms with E-state index in [4.69, 9.17) is 9.47 Å². The summed E-state index contributed by atoms with van der Waals surface area (Å²) in [6.07, 6.45) is 0. The van der Waals surface area contributed by atoms with Crippen LogP contribution in [0.2, 0.25) is 0 Å². The highest BCUT2D eigenvalue weighted by Gasteiger charge is 2.31. The monoisotopic (exact) mass is 419 g/mol. The van der Waals surface area contributed by atoms with Gasteiger partial charge in [-0.15, -0.1) is 12.4 Å². The van der Waals surface area contributed by atoms with Crippen LogP contribution in [0.5, 0.6) is 5.75 Å². The molecule has 1 aromatic rings. The van der Waals surface area contributed by atoms with Crippen molar-refractivity contribution in [1.29, 1.82) is 0 Å². The quantitative estimate of drug-likeness (QED) is 0.767. The third-order valence-electron chi connectivity index (χ3n) is 4.76. The predicted octanol–water partition coefficient (Wildman–Crippen LogP) is 0.572. The number of hydrogen-bond acceptors (Lipinski definition) is 6. The lowest BCUT2D eigenvalue weighted by atomic mass is 10.1. The Morgan fingerprint density at radius 3 is 2.59 bits per heavy atom. The molecule has 0 aliphatic carbocycles. The second-order valence-corrected chi connectivity index (χ2v) is 8.34. The first-order chi connectivity index (χ1) is 12.4. The van der Waals surface area contributed by atoms with E-state index in [1.54, 1.807) is 17.0 Å². The highest BCUT2D eigenvalue weighted by atomic mass is 35.5. The molecule has 2 aliphatic heterocycles. The Hall–Kier alpha value is -1.39. The zero-order valence-corrected chi connectivity index (χ0v) is 17.1. The van der Waals surface area contributed by atoms with E-state index in [0.717, 1.165) is 13.1 Å². The fraction of sp³-hybridized carbons (Fsp3) is 0.588. The fourth-order valence-electron chi connectivity index (χ4n) is 3.25. The molecule has 0 bridgehead atoms. The van der Waals surface area contributed by atoms with Crippen molar-refractivity contribution in [3.05, 3.63) is 23.8 Å². The molecule has 2 heterocycles. The van der Waals surface area contributed by atoms with E-state index in [2.05, 4.69) is 5.32 Å². The Morgan fingerprint density at radius 2 is 1.96 bits per heavy atom. The molecule has 8 nitrogen and oxygen atoms in total. The first-order valence-corrected chi connectivity index (χ1v) is 10.2. The molecule has 0 spiro atoms. The van der Waals surface area contributed by atoms with Gasteiger partial charge >= 0.3 is 0 Å². The van der Waals surface area contributed by atoms with Crippen molar-refractivity contribution in [2.75, 3.05) is 53.0 Å². The summed E-state index contributed by atoms with van der Waals surface area (Å²) in [4.78, 5) is 14.7. The molecule has 1 aromatic carbocycles. The number of nitrogens with zero attached hydrogens (tertiary/aromatic N) is 2. The van der Waals surface area contributed by atoms with Crippen molar-refractivity contribution in [3.63, 3.8) is 0 Å². The van der Waals surface area contributed by atoms with Crippen LogP contribution < -0.4 is 10.1 Å². The van der Waals surface area contributed by atoms with Crippen molar-refractivity contribution < 1.29 is 22.7 Å². The van der Waals surface area contributed by atoms with Crippen LogP contribution in [0, 0.1) is 0 Å². The first-order valence-electron chi connectivity index (χ1n) is 8.73. The number of benzene rings is 1. The van der Waals surface area contributed by atoms with Crippen LogP contribution in [-0.2, 0) is 14.8 Å². The number of carbonyl (C=O) groups is 1. The summed E-state index contributed by atoms with van der Waals surface area (Å²) in [5, 5.41) is 3.24. The van der Waals surface area contributed by atoms with Gasteiger partial charge in [-0.1, -0.05) is 0 Å². The molecule has 1 N–H and O–H groups in total. The average Bonchev–Trinajstić information content (AvgIpc) is 2.68. The van der Waals surface area contributed by atoms with Crippen LogP contribution in [-0.4, -0.2) is 82.6 Å². The zero-order valence-electron chi connectivity index (χ0n) is 15.5. The van der Waals surface area contributed by atoms with E-state index in [1.165, 1.54) is 17.5 Å². The third kappa shape index (κ3) is 4.55. The summed E-state index contributed by atoms with van der Waals surface area (Å²) >= 11 is 0. The lowest BCUT2D eigenvalue weighted by Crippen LogP contribution is -2.52. The van der Waals surface area contributed by atoms with E-state index in [1.807, 2.05) is 6.92 Å². The van der Waals surface area contributed by atoms with E-state index in [9.17, 15) is 13.2 Å². The number of nitrogens with one attached hydrogen (secondary N) is 1. The largest absolute Gasteiger partial charge is 0.495 e. The summed E-state index contributed by atoms with van der Waals surface area (Å²) < 4.78 is 37.9. The average molecular weight is 420 g/mol. The zero-order chi connectivity index (χ0) is 18.7. The Labute approximate surface area is 166 Å². The molecule has 1 amide bonds. The Kier molecular flexibility index (Phi) is 7.47. The van der Waals surface area contributed by atoms with Gasteiger partial charge in [0.2, 0.25) is 10.0 Å². The Morgan fingerprint density at radius 1 is 1.26 bits per heavy atom. The molecular weight excluding hydrogens is 394 g/mol. The lowest BCUT2D eigenvalue weighted by molar-refractivity contribution is 0.0655. The SMILES string of the molecule is COc1ccc(C(=O)N2CCNC[C@H]2C)cc1S(=O)(=O)N1CCOCC1.Cl. The number of halogens is 1. The number of piperazine rings is 1. The summed E-state index contributed by atoms with van der Waals surface area (Å²) in [5.41, 5.74) is 0.353. The minimum Gasteiger partial charge on any atom is -0.495 e. The molecular formula is C17H26ClN3O5S. The molecule has 3 rings (SSSR count). The molecule has 2 fully saturated rings. The van der Waals surface area contributed by atoms with Crippen molar-refractivity contribution in [2.45, 2.75) is 17.9 Å². The minimum absolute atomic E-state index is 0. The van der Waals surface area contributed by atoms with E-state index in [0.29, 0.717) is 38.4 Å². The van der Waals surface area contributed by atoms with Gasteiger partial charge in [-0.25, -0.2) is 8.42 Å². The standard InChI is InChI=1S/C17H25N3O5S.ClH/c1-13-12-18-5-6-20(13)17(21)14-3-4-15(24-2)16(11-14)26(22,23)19-7-9-25-10-8-19;/h3-4,11,13,18H,5-10,12H2,1-2H3;1H/t13-;/m1./s1. The second kappa shape index (κ2) is 9.20. The fourth-order valence-corrected chi connectivity index (χ4v) is 4.84. The maximum absolute atomic E-state index is 13.0. The number of amides is 1. The molecule has 1 atom stereocenters. The maximum Gasteiger partial charge on any atom is 0.254 e. The minimum atomic E-state index is -3.76. The van der Waals surface area contributed by atoms with Crippen LogP contribution in [0.4, 0.5) is 0 Å². The van der Waals surface area contributed by atoms with Crippen molar-refractivity contribution in [1.82, 2.24) is 14.5 Å². The van der Waals surface area contributed by atoms with Crippen LogP contribution >= 0.6 is 12.4 Å². The molecule has 2 saturated heterocycles. The topological polar surface area (TPSA) is 88.2 Å². The van der Waals surface area contributed by atoms with Crippen molar-refractivity contribution >= 4 is 28.3 Å². The van der Waals surface area contributed by atoms with Crippen LogP contribution in [0.25, 0.3) is 0 Å². The predicted molar refractivity (Wildman–Crippen MR) is 103 cm³/mol. The van der Waals surface area contributed by atoms with E-state index >= 15 is 0 Å². The molecule has 0 saturated carbocycles. The van der Waals surface area contributed by atoms with Gasteiger partial charge in [0.05, 0.1) is 20.3 Å². The van der Waals surface area contributed by atoms with Gasteiger partial charge in [0.1, 0.15) is 10.6 Å². The Balaban J connectivity index is 0.00000261. The van der Waals surface area contributed by atoms with Gasteiger partial charge in [0.15, 0.2) is 0 Å². The van der Waals surface area contributed by atoms with Crippen molar-refractivity contribution in [3.8, 4) is 5.75 Å². The summed E-state index contributed by atoms with van der Waals surface area (Å²) in [6, 6.07) is 4.65. The number of methoxy groups -OCH3 is 1. The highest BCUT2D eigenvalue weighted by molar-refractivity contribution is 7.89. The van der Waals surface area contributed by atoms with Gasteiger partial charge in [-0.3, -0.25) is 4.79 Å². The Bertz CT molecular complexity index is 768. The van der Waals surface area contributed by atoms with E-state index in [-0.39, 0.29) is 35.0 Å². The molecule has 10 heteroatoms. The summed E-state index contributed by atoms with van der Waals surface area (Å²) in [7, 11) is -2.34. The molecule has 2 aliphatic rings. The molecule has 0 unspecified atom stereocenters. The molecule has 0 aromatic heterocycles. The summed E-state index contributed by atoms with van der Waals surface area (Å²) in [6.45, 7) is 5.32. The van der Waals surface area contributed by atoms with E-state index < -0.39 is 10.0 Å². The van der Waals surface area contributed by atoms with Gasteiger partial charge < -0.3 is 19.7 Å². The third-order valence-corrected chi connectivity index (χ3v) is 6.68. The van der Waals surface area contributed by atoms with Gasteiger partial charge in [-0.05, 0) is 25.1 Å². The number of rotatable bonds is 4.